The van der Waals surface area contributed by atoms with Crippen LogP contribution in [-0.2, 0) is 4.74 Å². The molecule has 1 N–H and O–H groups in total. The molecule has 0 saturated carbocycles. The van der Waals surface area contributed by atoms with E-state index in [-0.39, 0.29) is 16.8 Å². The Kier molecular flexibility index (Phi) is 2.63. The molecule has 1 heterocycles. The van der Waals surface area contributed by atoms with Crippen LogP contribution in [0.3, 0.4) is 0 Å². The summed E-state index contributed by atoms with van der Waals surface area (Å²) in [6, 6.07) is 6.78. The van der Waals surface area contributed by atoms with Gasteiger partial charge in [0.05, 0.1) is 18.2 Å². The maximum absolute atomic E-state index is 11.6. The van der Waals surface area contributed by atoms with Crippen LogP contribution >= 0.6 is 0 Å². The van der Waals surface area contributed by atoms with Crippen molar-refractivity contribution in [2.75, 3.05) is 7.11 Å². The van der Waals surface area contributed by atoms with Crippen molar-refractivity contribution in [1.29, 1.82) is 5.26 Å². The van der Waals surface area contributed by atoms with Crippen LogP contribution in [0.5, 0.6) is 0 Å². The number of nitriles is 1. The average molecular weight is 228 g/mol. The SMILES string of the molecule is COC(=O)c1cccc2[nH]c(C#N)c(C=O)c12. The van der Waals surface area contributed by atoms with Crippen LogP contribution in [-0.4, -0.2) is 24.3 Å². The van der Waals surface area contributed by atoms with Gasteiger partial charge in [-0.1, -0.05) is 6.07 Å². The number of aromatic amines is 1. The number of H-pyrrole nitrogens is 1. The molecule has 84 valence electrons. The van der Waals surface area contributed by atoms with E-state index in [9.17, 15) is 9.59 Å². The summed E-state index contributed by atoms with van der Waals surface area (Å²) < 4.78 is 4.64. The lowest BCUT2D eigenvalue weighted by Crippen LogP contribution is -2.02. The number of nitrogens with one attached hydrogen (secondary N) is 1. The van der Waals surface area contributed by atoms with Crippen LogP contribution in [0.25, 0.3) is 10.9 Å². The van der Waals surface area contributed by atoms with E-state index < -0.39 is 5.97 Å². The highest BCUT2D eigenvalue weighted by atomic mass is 16.5. The van der Waals surface area contributed by atoms with E-state index >= 15 is 0 Å². The minimum absolute atomic E-state index is 0.145. The van der Waals surface area contributed by atoms with Crippen LogP contribution in [0.15, 0.2) is 18.2 Å². The maximum Gasteiger partial charge on any atom is 0.338 e. The van der Waals surface area contributed by atoms with Gasteiger partial charge in [-0.05, 0) is 12.1 Å². The molecule has 1 aromatic heterocycles. The Morgan fingerprint density at radius 1 is 1.53 bits per heavy atom. The number of carbonyl (C=O) groups is 2. The zero-order chi connectivity index (χ0) is 12.4. The number of aromatic nitrogens is 1. The molecule has 0 fully saturated rings. The van der Waals surface area contributed by atoms with E-state index in [0.29, 0.717) is 17.2 Å². The molecule has 1 aromatic carbocycles. The van der Waals surface area contributed by atoms with Crippen LogP contribution in [0.2, 0.25) is 0 Å². The molecule has 2 aromatic rings. The number of ether oxygens (including phenoxy) is 1. The quantitative estimate of drug-likeness (QED) is 0.625. The molecule has 2 rings (SSSR count). The molecule has 0 atom stereocenters. The minimum Gasteiger partial charge on any atom is -0.465 e. The highest BCUT2D eigenvalue weighted by Crippen LogP contribution is 2.25. The number of aldehydes is 1. The normalized spacial score (nSPS) is 9.88. The van der Waals surface area contributed by atoms with Gasteiger partial charge in [-0.15, -0.1) is 0 Å². The molecule has 0 radical (unpaired) electrons. The highest BCUT2D eigenvalue weighted by Gasteiger charge is 2.18. The predicted octanol–water partition coefficient (Wildman–Crippen LogP) is 1.64. The van der Waals surface area contributed by atoms with Gasteiger partial charge in [-0.2, -0.15) is 5.26 Å². The standard InChI is InChI=1S/C12H8N2O3/c1-17-12(16)7-3-2-4-9-11(7)8(6-15)10(5-13)14-9/h2-4,6,14H,1H3. The summed E-state index contributed by atoms with van der Waals surface area (Å²) in [4.78, 5) is 25.3. The van der Waals surface area contributed by atoms with E-state index in [1.165, 1.54) is 7.11 Å². The number of carbonyl (C=O) groups excluding carboxylic acids is 2. The molecule has 0 spiro atoms. The smallest absolute Gasteiger partial charge is 0.338 e. The number of hydrogen-bond acceptors (Lipinski definition) is 4. The molecule has 0 aliphatic rings. The predicted molar refractivity (Wildman–Crippen MR) is 59.7 cm³/mol. The van der Waals surface area contributed by atoms with Gasteiger partial charge >= 0.3 is 5.97 Å². The molecule has 0 bridgehead atoms. The fourth-order valence-corrected chi connectivity index (χ4v) is 1.76. The second-order valence-corrected chi connectivity index (χ2v) is 3.36. The van der Waals surface area contributed by atoms with Gasteiger partial charge in [0.25, 0.3) is 0 Å². The van der Waals surface area contributed by atoms with Crippen molar-refractivity contribution >= 4 is 23.2 Å². The largest absolute Gasteiger partial charge is 0.465 e. The van der Waals surface area contributed by atoms with Gasteiger partial charge < -0.3 is 9.72 Å². The first-order chi connectivity index (χ1) is 8.22. The molecular formula is C12H8N2O3. The molecule has 5 heteroatoms. The summed E-state index contributed by atoms with van der Waals surface area (Å²) in [7, 11) is 1.26. The Balaban J connectivity index is 2.88. The summed E-state index contributed by atoms with van der Waals surface area (Å²) in [5.41, 5.74) is 1.16. The lowest BCUT2D eigenvalue weighted by atomic mass is 10.1. The highest BCUT2D eigenvalue weighted by molar-refractivity contribution is 6.11. The van der Waals surface area contributed by atoms with Crippen molar-refractivity contribution in [2.45, 2.75) is 0 Å². The van der Waals surface area contributed by atoms with Crippen molar-refractivity contribution in [3.63, 3.8) is 0 Å². The van der Waals surface area contributed by atoms with Gasteiger partial charge in [0.2, 0.25) is 0 Å². The fraction of sp³-hybridized carbons (Fsp3) is 0.0833. The van der Waals surface area contributed by atoms with E-state index in [4.69, 9.17) is 5.26 Å². The zero-order valence-electron chi connectivity index (χ0n) is 8.98. The first-order valence-electron chi connectivity index (χ1n) is 4.81. The molecular weight excluding hydrogens is 220 g/mol. The van der Waals surface area contributed by atoms with Crippen LogP contribution in [0, 0.1) is 11.3 Å². The number of benzene rings is 1. The van der Waals surface area contributed by atoms with E-state index in [0.717, 1.165) is 0 Å². The van der Waals surface area contributed by atoms with Crippen LogP contribution in [0.4, 0.5) is 0 Å². The number of nitrogens with zero attached hydrogens (tertiary/aromatic N) is 1. The number of rotatable bonds is 2. The molecule has 5 nitrogen and oxygen atoms in total. The van der Waals surface area contributed by atoms with Crippen molar-refractivity contribution in [2.24, 2.45) is 0 Å². The number of fused-ring (bicyclic) bond motifs is 1. The maximum atomic E-state index is 11.6. The number of methoxy groups -OCH3 is 1. The van der Waals surface area contributed by atoms with Crippen LogP contribution < -0.4 is 0 Å². The zero-order valence-corrected chi connectivity index (χ0v) is 8.98. The Bertz CT molecular complexity index is 650. The summed E-state index contributed by atoms with van der Waals surface area (Å²) in [6.45, 7) is 0. The first kappa shape index (κ1) is 10.9. The Hall–Kier alpha value is -2.61. The third kappa shape index (κ3) is 1.56. The molecule has 17 heavy (non-hydrogen) atoms. The summed E-state index contributed by atoms with van der Waals surface area (Å²) in [5, 5.41) is 9.30. The van der Waals surface area contributed by atoms with E-state index in [1.807, 2.05) is 6.07 Å². The summed E-state index contributed by atoms with van der Waals surface area (Å²) in [5.74, 6) is -0.540. The lowest BCUT2D eigenvalue weighted by Gasteiger charge is -2.01. The van der Waals surface area contributed by atoms with Gasteiger partial charge in [-0.25, -0.2) is 4.79 Å². The topological polar surface area (TPSA) is 82.9 Å². The lowest BCUT2D eigenvalue weighted by molar-refractivity contribution is 0.0603. The monoisotopic (exact) mass is 228 g/mol. The second kappa shape index (κ2) is 4.10. The molecule has 0 amide bonds. The number of hydrogen-bond donors (Lipinski definition) is 1. The first-order valence-corrected chi connectivity index (χ1v) is 4.81. The molecule has 0 unspecified atom stereocenters. The van der Waals surface area contributed by atoms with Gasteiger partial charge in [0.1, 0.15) is 11.8 Å². The van der Waals surface area contributed by atoms with Crippen LogP contribution in [0.1, 0.15) is 26.4 Å². The Morgan fingerprint density at radius 3 is 2.88 bits per heavy atom. The minimum atomic E-state index is -0.540. The number of esters is 1. The second-order valence-electron chi connectivity index (χ2n) is 3.36. The van der Waals surface area contributed by atoms with E-state index in [1.54, 1.807) is 18.2 Å². The average Bonchev–Trinajstić information content (AvgIpc) is 2.75. The summed E-state index contributed by atoms with van der Waals surface area (Å²) in [6.07, 6.45) is 0.559. The van der Waals surface area contributed by atoms with Gasteiger partial charge in [0.15, 0.2) is 6.29 Å². The van der Waals surface area contributed by atoms with Gasteiger partial charge in [0, 0.05) is 10.9 Å². The van der Waals surface area contributed by atoms with Gasteiger partial charge in [-0.3, -0.25) is 4.79 Å². The third-order valence-corrected chi connectivity index (χ3v) is 2.50. The van der Waals surface area contributed by atoms with Crippen molar-refractivity contribution in [1.82, 2.24) is 4.98 Å². The Labute approximate surface area is 96.6 Å². The fourth-order valence-electron chi connectivity index (χ4n) is 1.76. The third-order valence-electron chi connectivity index (χ3n) is 2.50. The molecule has 0 aliphatic heterocycles. The van der Waals surface area contributed by atoms with Crippen molar-refractivity contribution in [3.8, 4) is 6.07 Å². The van der Waals surface area contributed by atoms with Crippen molar-refractivity contribution < 1.29 is 14.3 Å². The van der Waals surface area contributed by atoms with Crippen molar-refractivity contribution in [3.05, 3.63) is 35.0 Å². The van der Waals surface area contributed by atoms with E-state index in [2.05, 4.69) is 9.72 Å². The summed E-state index contributed by atoms with van der Waals surface area (Å²) >= 11 is 0. The Morgan fingerprint density at radius 2 is 2.29 bits per heavy atom. The molecule has 0 aliphatic carbocycles. The molecule has 0 saturated heterocycles.